The number of carbonyl (C=O) groups is 1. The van der Waals surface area contributed by atoms with E-state index in [4.69, 9.17) is 0 Å². The number of carbonyl (C=O) groups excluding carboxylic acids is 1. The van der Waals surface area contributed by atoms with Crippen molar-refractivity contribution in [2.24, 2.45) is 17.8 Å². The van der Waals surface area contributed by atoms with Crippen LogP contribution in [0.1, 0.15) is 65.7 Å². The molecule has 1 aliphatic carbocycles. The Morgan fingerprint density at radius 2 is 1.86 bits per heavy atom. The predicted octanol–water partition coefficient (Wildman–Crippen LogP) is 3.93. The maximum Gasteiger partial charge on any atom is 0.277 e. The van der Waals surface area contributed by atoms with Gasteiger partial charge in [-0.2, -0.15) is 0 Å². The van der Waals surface area contributed by atoms with Crippen LogP contribution in [0.3, 0.4) is 0 Å². The first-order valence-electron chi connectivity index (χ1n) is 11.1. The summed E-state index contributed by atoms with van der Waals surface area (Å²) >= 11 is 0. The molecular formula is C23H34N4O2. The number of hydrogen-bond acceptors (Lipinski definition) is 4. The minimum absolute atomic E-state index is 0.0781. The molecule has 1 N–H and O–H groups in total. The minimum Gasteiger partial charge on any atom is -0.353 e. The summed E-state index contributed by atoms with van der Waals surface area (Å²) in [6, 6.07) is 7.56. The third kappa shape index (κ3) is 5.87. The lowest BCUT2D eigenvalue weighted by molar-refractivity contribution is -0.126. The minimum atomic E-state index is -0.0781. The lowest BCUT2D eigenvalue weighted by Crippen LogP contribution is -2.39. The quantitative estimate of drug-likeness (QED) is 0.731. The van der Waals surface area contributed by atoms with E-state index in [1.54, 1.807) is 6.07 Å². The Morgan fingerprint density at radius 3 is 2.59 bits per heavy atom. The second-order valence-corrected chi connectivity index (χ2v) is 9.05. The number of amides is 1. The Labute approximate surface area is 173 Å². The maximum atomic E-state index is 12.6. The number of benzene rings is 1. The molecule has 1 amide bonds. The largest absolute Gasteiger partial charge is 0.353 e. The molecule has 1 fully saturated rings. The van der Waals surface area contributed by atoms with Crippen molar-refractivity contribution in [2.75, 3.05) is 0 Å². The fourth-order valence-corrected chi connectivity index (χ4v) is 4.26. The number of hydrogen-bond donors (Lipinski definition) is 1. The average molecular weight is 399 g/mol. The van der Waals surface area contributed by atoms with Gasteiger partial charge in [-0.3, -0.25) is 9.59 Å². The van der Waals surface area contributed by atoms with Crippen LogP contribution >= 0.6 is 0 Å². The van der Waals surface area contributed by atoms with Crippen LogP contribution in [-0.2, 0) is 11.3 Å². The first-order valence-corrected chi connectivity index (χ1v) is 11.1. The highest BCUT2D eigenvalue weighted by molar-refractivity contribution is 5.79. The van der Waals surface area contributed by atoms with Crippen molar-refractivity contribution >= 4 is 16.8 Å². The molecule has 1 aromatic carbocycles. The van der Waals surface area contributed by atoms with Crippen molar-refractivity contribution in [3.05, 3.63) is 34.6 Å². The van der Waals surface area contributed by atoms with Crippen LogP contribution in [-0.4, -0.2) is 26.9 Å². The van der Waals surface area contributed by atoms with Crippen LogP contribution in [0.5, 0.6) is 0 Å². The standard InChI is InChI=1S/C23H34N4O2/c1-16(2)7-6-8-17(3)24-22(28)19-13-11-18(12-14-19)15-27-23(29)20-9-4-5-10-21(20)25-26-27/h4-5,9-10,16-19H,6-8,11-15H2,1-3H3,(H,24,28)/t17-,18?,19?/m0/s1. The van der Waals surface area contributed by atoms with E-state index >= 15 is 0 Å². The van der Waals surface area contributed by atoms with Gasteiger partial charge in [-0.25, -0.2) is 4.68 Å². The molecule has 1 saturated carbocycles. The number of aromatic nitrogens is 3. The second kappa shape index (κ2) is 9.99. The van der Waals surface area contributed by atoms with Gasteiger partial charge in [0.15, 0.2) is 0 Å². The lowest BCUT2D eigenvalue weighted by Gasteiger charge is -2.28. The van der Waals surface area contributed by atoms with Crippen LogP contribution in [0.4, 0.5) is 0 Å². The zero-order chi connectivity index (χ0) is 20.8. The molecule has 0 radical (unpaired) electrons. The van der Waals surface area contributed by atoms with Gasteiger partial charge in [-0.05, 0) is 63.0 Å². The smallest absolute Gasteiger partial charge is 0.277 e. The van der Waals surface area contributed by atoms with Crippen LogP contribution in [0.25, 0.3) is 10.9 Å². The lowest BCUT2D eigenvalue weighted by atomic mass is 9.81. The van der Waals surface area contributed by atoms with Gasteiger partial charge in [0.2, 0.25) is 5.91 Å². The molecule has 6 heteroatoms. The van der Waals surface area contributed by atoms with E-state index in [2.05, 4.69) is 36.4 Å². The molecule has 158 valence electrons. The fourth-order valence-electron chi connectivity index (χ4n) is 4.26. The normalized spacial score (nSPS) is 20.7. The Kier molecular flexibility index (Phi) is 7.40. The second-order valence-electron chi connectivity index (χ2n) is 9.05. The van der Waals surface area contributed by atoms with Gasteiger partial charge < -0.3 is 5.32 Å². The molecule has 6 nitrogen and oxygen atoms in total. The summed E-state index contributed by atoms with van der Waals surface area (Å²) in [6.07, 6.45) is 7.07. The molecule has 29 heavy (non-hydrogen) atoms. The molecule has 1 aromatic heterocycles. The fraction of sp³-hybridized carbons (Fsp3) is 0.652. The summed E-state index contributed by atoms with van der Waals surface area (Å²) < 4.78 is 1.49. The highest BCUT2D eigenvalue weighted by Crippen LogP contribution is 2.30. The summed E-state index contributed by atoms with van der Waals surface area (Å²) in [5.41, 5.74) is 0.558. The Morgan fingerprint density at radius 1 is 1.14 bits per heavy atom. The van der Waals surface area contributed by atoms with E-state index in [-0.39, 0.29) is 23.4 Å². The van der Waals surface area contributed by atoms with Crippen molar-refractivity contribution in [3.63, 3.8) is 0 Å². The van der Waals surface area contributed by atoms with Gasteiger partial charge in [0.25, 0.3) is 5.56 Å². The molecule has 3 rings (SSSR count). The van der Waals surface area contributed by atoms with Crippen molar-refractivity contribution in [1.29, 1.82) is 0 Å². The zero-order valence-electron chi connectivity index (χ0n) is 17.9. The third-order valence-electron chi connectivity index (χ3n) is 6.09. The average Bonchev–Trinajstić information content (AvgIpc) is 2.70. The Bertz CT molecular complexity index is 869. The van der Waals surface area contributed by atoms with Crippen LogP contribution < -0.4 is 10.9 Å². The number of rotatable bonds is 8. The highest BCUT2D eigenvalue weighted by atomic mass is 16.2. The predicted molar refractivity (Wildman–Crippen MR) is 116 cm³/mol. The summed E-state index contributed by atoms with van der Waals surface area (Å²) in [5, 5.41) is 12.1. The molecule has 2 aromatic rings. The van der Waals surface area contributed by atoms with Gasteiger partial charge in [0.1, 0.15) is 5.52 Å². The molecule has 1 atom stereocenters. The van der Waals surface area contributed by atoms with Gasteiger partial charge in [0, 0.05) is 18.5 Å². The molecule has 0 unspecified atom stereocenters. The van der Waals surface area contributed by atoms with Crippen LogP contribution in [0.15, 0.2) is 29.1 Å². The summed E-state index contributed by atoms with van der Waals surface area (Å²) in [5.74, 6) is 1.38. The SMILES string of the molecule is CC(C)CCC[C@H](C)NC(=O)C1CCC(Cn2nnc3ccccc3c2=O)CC1. The van der Waals surface area contributed by atoms with Crippen LogP contribution in [0.2, 0.25) is 0 Å². The number of fused-ring (bicyclic) bond motifs is 1. The molecule has 0 saturated heterocycles. The van der Waals surface area contributed by atoms with Crippen molar-refractivity contribution in [2.45, 2.75) is 78.3 Å². The molecule has 1 heterocycles. The molecule has 0 aliphatic heterocycles. The Hall–Kier alpha value is -2.24. The van der Waals surface area contributed by atoms with Crippen molar-refractivity contribution < 1.29 is 4.79 Å². The third-order valence-corrected chi connectivity index (χ3v) is 6.09. The first-order chi connectivity index (χ1) is 13.9. The first kappa shape index (κ1) is 21.5. The van der Waals surface area contributed by atoms with E-state index in [0.717, 1.165) is 38.5 Å². The van der Waals surface area contributed by atoms with Gasteiger partial charge in [-0.15, -0.1) is 5.10 Å². The molecule has 0 bridgehead atoms. The molecule has 1 aliphatic rings. The summed E-state index contributed by atoms with van der Waals surface area (Å²) in [7, 11) is 0. The highest BCUT2D eigenvalue weighted by Gasteiger charge is 2.27. The molecule has 0 spiro atoms. The van der Waals surface area contributed by atoms with Crippen molar-refractivity contribution in [1.82, 2.24) is 20.3 Å². The van der Waals surface area contributed by atoms with Crippen LogP contribution in [0, 0.1) is 17.8 Å². The van der Waals surface area contributed by atoms with E-state index in [0.29, 0.717) is 29.3 Å². The summed E-state index contributed by atoms with van der Waals surface area (Å²) in [4.78, 5) is 25.2. The number of nitrogens with zero attached hydrogens (tertiary/aromatic N) is 3. The van der Waals surface area contributed by atoms with E-state index in [1.165, 1.54) is 11.1 Å². The monoisotopic (exact) mass is 398 g/mol. The van der Waals surface area contributed by atoms with E-state index in [9.17, 15) is 9.59 Å². The van der Waals surface area contributed by atoms with E-state index in [1.807, 2.05) is 18.2 Å². The van der Waals surface area contributed by atoms with Gasteiger partial charge in [-0.1, -0.05) is 44.0 Å². The van der Waals surface area contributed by atoms with Gasteiger partial charge in [0.05, 0.1) is 5.39 Å². The Balaban J connectivity index is 1.47. The zero-order valence-corrected chi connectivity index (χ0v) is 17.9. The van der Waals surface area contributed by atoms with E-state index < -0.39 is 0 Å². The van der Waals surface area contributed by atoms with Gasteiger partial charge >= 0.3 is 0 Å². The van der Waals surface area contributed by atoms with Crippen molar-refractivity contribution in [3.8, 4) is 0 Å². The summed E-state index contributed by atoms with van der Waals surface area (Å²) in [6.45, 7) is 7.16. The molecular weight excluding hydrogens is 364 g/mol. The number of nitrogens with one attached hydrogen (secondary N) is 1. The topological polar surface area (TPSA) is 76.9 Å². The maximum absolute atomic E-state index is 12.6.